The fourth-order valence-corrected chi connectivity index (χ4v) is 4.98. The minimum Gasteiger partial charge on any atom is -0.488 e. The van der Waals surface area contributed by atoms with Crippen LogP contribution in [0.3, 0.4) is 0 Å². The van der Waals surface area contributed by atoms with Gasteiger partial charge in [0.15, 0.2) is 23.1 Å². The average Bonchev–Trinajstić information content (AvgIpc) is 3.06. The molecule has 0 amide bonds. The summed E-state index contributed by atoms with van der Waals surface area (Å²) in [4.78, 5) is 15.4. The predicted octanol–water partition coefficient (Wildman–Crippen LogP) is 3.75. The van der Waals surface area contributed by atoms with Gasteiger partial charge in [0, 0.05) is 24.0 Å². The van der Waals surface area contributed by atoms with Crippen molar-refractivity contribution in [2.45, 2.75) is 26.7 Å². The number of hydrogen-bond acceptors (Lipinski definition) is 8. The van der Waals surface area contributed by atoms with Crippen LogP contribution in [0.4, 0.5) is 4.39 Å². The second-order valence-electron chi connectivity index (χ2n) is 10.6. The summed E-state index contributed by atoms with van der Waals surface area (Å²) in [6, 6.07) is 18.1. The molecule has 1 aromatic heterocycles. The van der Waals surface area contributed by atoms with E-state index in [1.807, 2.05) is 49.4 Å². The number of carboxylic acids is 1. The third-order valence-corrected chi connectivity index (χ3v) is 7.50. The number of nitrogens with zero attached hydrogens (tertiary/aromatic N) is 2. The second kappa shape index (κ2) is 14.5. The van der Waals surface area contributed by atoms with Crippen molar-refractivity contribution in [1.29, 1.82) is 5.26 Å². The Bertz CT molecular complexity index is 1720. The Labute approximate surface area is 259 Å². The molecular formula is C34H33FN3O7+. The number of aliphatic carboxylic acids is 1. The first-order valence-corrected chi connectivity index (χ1v) is 14.4. The van der Waals surface area contributed by atoms with Crippen LogP contribution in [-0.2, 0) is 24.6 Å². The van der Waals surface area contributed by atoms with Crippen molar-refractivity contribution in [3.05, 3.63) is 101 Å². The monoisotopic (exact) mass is 614 g/mol. The van der Waals surface area contributed by atoms with Crippen LogP contribution in [0, 0.1) is 30.0 Å². The first-order valence-electron chi connectivity index (χ1n) is 14.4. The van der Waals surface area contributed by atoms with Crippen molar-refractivity contribution >= 4 is 5.97 Å². The summed E-state index contributed by atoms with van der Waals surface area (Å²) < 4.78 is 38.8. The number of aromatic nitrogens is 1. The van der Waals surface area contributed by atoms with E-state index in [2.05, 4.69) is 4.98 Å². The Morgan fingerprint density at radius 1 is 1.04 bits per heavy atom. The van der Waals surface area contributed by atoms with E-state index in [1.165, 1.54) is 18.3 Å². The largest absolute Gasteiger partial charge is 0.488 e. The first-order chi connectivity index (χ1) is 21.9. The third kappa shape index (κ3) is 7.67. The first kappa shape index (κ1) is 31.3. The molecule has 0 radical (unpaired) electrons. The van der Waals surface area contributed by atoms with Crippen molar-refractivity contribution in [3.63, 3.8) is 0 Å². The van der Waals surface area contributed by atoms with Crippen LogP contribution in [0.15, 0.2) is 67.0 Å². The SMILES string of the molecule is Cc1c(COc2cc(OCc3cncc(C#N)c3)c(C[NH2+]CC(CO)C(=O)O)cc2F)cccc1-c1ccc2c(c1)OCCO2. The number of nitrogens with two attached hydrogens (primary N) is 1. The van der Waals surface area contributed by atoms with Gasteiger partial charge in [0.25, 0.3) is 0 Å². The number of ether oxygens (including phenoxy) is 4. The maximum atomic E-state index is 15.4. The quantitative estimate of drug-likeness (QED) is 0.205. The lowest BCUT2D eigenvalue weighted by Gasteiger charge is -2.20. The minimum atomic E-state index is -1.11. The number of carbonyl (C=O) groups is 1. The fourth-order valence-electron chi connectivity index (χ4n) is 4.98. The number of halogens is 1. The number of rotatable bonds is 13. The zero-order valence-corrected chi connectivity index (χ0v) is 24.7. The topological polar surface area (TPSA) is 148 Å². The van der Waals surface area contributed by atoms with Gasteiger partial charge in [-0.25, -0.2) is 4.39 Å². The van der Waals surface area contributed by atoms with E-state index in [0.717, 1.165) is 22.3 Å². The molecule has 0 spiro atoms. The molecule has 11 heteroatoms. The van der Waals surface area contributed by atoms with E-state index >= 15 is 4.39 Å². The Balaban J connectivity index is 1.35. The fraction of sp³-hybridized carbons (Fsp3) is 0.265. The number of aliphatic hydroxyl groups excluding tert-OH is 1. The summed E-state index contributed by atoms with van der Waals surface area (Å²) in [5, 5.41) is 29.4. The lowest BCUT2D eigenvalue weighted by molar-refractivity contribution is -0.674. The van der Waals surface area contributed by atoms with Crippen LogP contribution >= 0.6 is 0 Å². The molecule has 1 unspecified atom stereocenters. The normalized spacial score (nSPS) is 12.7. The number of aliphatic hydroxyl groups is 1. The van der Waals surface area contributed by atoms with Crippen LogP contribution in [0.2, 0.25) is 0 Å². The molecule has 5 rings (SSSR count). The van der Waals surface area contributed by atoms with E-state index in [9.17, 15) is 20.3 Å². The van der Waals surface area contributed by atoms with Crippen molar-refractivity contribution in [2.24, 2.45) is 5.92 Å². The molecule has 45 heavy (non-hydrogen) atoms. The van der Waals surface area contributed by atoms with Gasteiger partial charge in [0.2, 0.25) is 0 Å². The van der Waals surface area contributed by atoms with Gasteiger partial charge in [0.05, 0.1) is 24.3 Å². The smallest absolute Gasteiger partial charge is 0.314 e. The molecule has 3 aromatic carbocycles. The predicted molar refractivity (Wildman–Crippen MR) is 160 cm³/mol. The van der Waals surface area contributed by atoms with E-state index in [1.54, 1.807) is 17.6 Å². The summed E-state index contributed by atoms with van der Waals surface area (Å²) in [6.07, 6.45) is 3.02. The number of benzene rings is 3. The Hall–Kier alpha value is -5.18. The molecule has 1 aliphatic rings. The van der Waals surface area contributed by atoms with Crippen LogP contribution < -0.4 is 24.3 Å². The van der Waals surface area contributed by atoms with Gasteiger partial charge in [0.1, 0.15) is 50.7 Å². The summed E-state index contributed by atoms with van der Waals surface area (Å²) in [5.74, 6) is -0.946. The Morgan fingerprint density at radius 3 is 2.62 bits per heavy atom. The Morgan fingerprint density at radius 2 is 1.84 bits per heavy atom. The lowest BCUT2D eigenvalue weighted by atomic mass is 9.96. The number of fused-ring (bicyclic) bond motifs is 1. The van der Waals surface area contributed by atoms with Crippen molar-refractivity contribution in [3.8, 4) is 40.2 Å². The molecule has 0 saturated heterocycles. The number of nitriles is 1. The van der Waals surface area contributed by atoms with E-state index in [-0.39, 0.29) is 32.1 Å². The average molecular weight is 615 g/mol. The number of hydrogen-bond donors (Lipinski definition) is 3. The van der Waals surface area contributed by atoms with Crippen LogP contribution in [-0.4, -0.2) is 47.5 Å². The zero-order valence-electron chi connectivity index (χ0n) is 24.7. The van der Waals surface area contributed by atoms with E-state index < -0.39 is 24.3 Å². The molecular weight excluding hydrogens is 581 g/mol. The highest BCUT2D eigenvalue weighted by Gasteiger charge is 2.20. The highest BCUT2D eigenvalue weighted by molar-refractivity contribution is 5.71. The van der Waals surface area contributed by atoms with E-state index in [4.69, 9.17) is 18.9 Å². The van der Waals surface area contributed by atoms with Crippen molar-refractivity contribution < 1.29 is 43.7 Å². The molecule has 0 aliphatic carbocycles. The molecule has 1 atom stereocenters. The van der Waals surface area contributed by atoms with Gasteiger partial charge in [-0.2, -0.15) is 5.26 Å². The minimum absolute atomic E-state index is 0.0134. The molecule has 4 N–H and O–H groups in total. The lowest BCUT2D eigenvalue weighted by Crippen LogP contribution is -2.84. The number of quaternary nitrogens is 1. The van der Waals surface area contributed by atoms with E-state index in [0.29, 0.717) is 47.2 Å². The van der Waals surface area contributed by atoms with Crippen molar-refractivity contribution in [1.82, 2.24) is 4.98 Å². The summed E-state index contributed by atoms with van der Waals surface area (Å²) >= 11 is 0. The molecule has 0 fully saturated rings. The molecule has 2 heterocycles. The molecule has 10 nitrogen and oxygen atoms in total. The van der Waals surface area contributed by atoms with Gasteiger partial charge < -0.3 is 34.5 Å². The van der Waals surface area contributed by atoms with Gasteiger partial charge in [-0.15, -0.1) is 0 Å². The van der Waals surface area contributed by atoms with Crippen LogP contribution in [0.25, 0.3) is 11.1 Å². The molecule has 0 saturated carbocycles. The maximum absolute atomic E-state index is 15.4. The molecule has 0 bridgehead atoms. The number of carboxylic acid groups (broad SMARTS) is 1. The molecule has 1 aliphatic heterocycles. The highest BCUT2D eigenvalue weighted by Crippen LogP contribution is 2.36. The van der Waals surface area contributed by atoms with Gasteiger partial charge in [-0.3, -0.25) is 9.78 Å². The van der Waals surface area contributed by atoms with Gasteiger partial charge in [-0.05, 0) is 53.4 Å². The third-order valence-electron chi connectivity index (χ3n) is 7.50. The maximum Gasteiger partial charge on any atom is 0.314 e. The highest BCUT2D eigenvalue weighted by atomic mass is 19.1. The number of pyridine rings is 1. The zero-order chi connectivity index (χ0) is 31.8. The summed E-state index contributed by atoms with van der Waals surface area (Å²) in [6.45, 7) is 2.93. The molecule has 4 aromatic rings. The van der Waals surface area contributed by atoms with Crippen molar-refractivity contribution in [2.75, 3.05) is 26.4 Å². The standard InChI is InChI=1S/C34H32FN3O7/c1-21-25(3-2-4-28(21)24-5-6-30-33(11-24)43-8-7-42-30)20-45-32-12-31(44-19-23-9-22(13-36)14-37-15-23)26(10-29(32)35)16-38-17-27(18-39)34(40)41/h2-6,9-12,14-15,27,38-39H,7-8,16-20H2,1H3,(H,40,41)/p+1. The summed E-state index contributed by atoms with van der Waals surface area (Å²) in [5.41, 5.74) is 5.28. The van der Waals surface area contributed by atoms with Gasteiger partial charge in [-0.1, -0.05) is 24.3 Å². The van der Waals surface area contributed by atoms with Crippen LogP contribution in [0.5, 0.6) is 23.0 Å². The second-order valence-corrected chi connectivity index (χ2v) is 10.6. The summed E-state index contributed by atoms with van der Waals surface area (Å²) in [7, 11) is 0. The van der Waals surface area contributed by atoms with Gasteiger partial charge >= 0.3 is 5.97 Å². The van der Waals surface area contributed by atoms with Crippen LogP contribution in [0.1, 0.15) is 27.8 Å². The Kier molecular flexibility index (Phi) is 10.1. The molecule has 232 valence electrons.